The van der Waals surface area contributed by atoms with Crippen LogP contribution in [0.2, 0.25) is 0 Å². The van der Waals surface area contributed by atoms with Gasteiger partial charge in [-0.2, -0.15) is 0 Å². The van der Waals surface area contributed by atoms with Crippen LogP contribution >= 0.6 is 0 Å². The van der Waals surface area contributed by atoms with Crippen molar-refractivity contribution in [2.45, 2.75) is 49.0 Å². The number of ether oxygens (including phenoxy) is 3. The molecule has 186 valence electrons. The molecule has 0 atom stereocenters. The minimum atomic E-state index is -4.07. The van der Waals surface area contributed by atoms with E-state index in [1.807, 2.05) is 24.3 Å². The highest BCUT2D eigenvalue weighted by Crippen LogP contribution is 2.37. The summed E-state index contributed by atoms with van der Waals surface area (Å²) in [5.74, 6) is 1.34. The summed E-state index contributed by atoms with van der Waals surface area (Å²) in [5, 5.41) is 8.99. The van der Waals surface area contributed by atoms with Crippen LogP contribution in [-0.4, -0.2) is 56.4 Å². The second kappa shape index (κ2) is 11.5. The highest BCUT2D eigenvalue weighted by Gasteiger charge is 2.50. The monoisotopic (exact) mass is 492 g/mol. The number of rotatable bonds is 10. The molecule has 2 aromatic carbocycles. The molecule has 2 aromatic rings. The average molecular weight is 493 g/mol. The lowest BCUT2D eigenvalue weighted by atomic mass is 10.1. The van der Waals surface area contributed by atoms with E-state index < -0.39 is 20.9 Å². The molecule has 2 N–H and O–H groups in total. The predicted octanol–water partition coefficient (Wildman–Crippen LogP) is 3.76. The third-order valence-electron chi connectivity index (χ3n) is 5.94. The summed E-state index contributed by atoms with van der Waals surface area (Å²) in [5.41, 5.74) is 2.45. The van der Waals surface area contributed by atoms with Crippen LogP contribution in [0.1, 0.15) is 38.2 Å². The first kappa shape index (κ1) is 25.8. The van der Waals surface area contributed by atoms with Gasteiger partial charge in [-0.1, -0.05) is 25.5 Å². The molecule has 1 aliphatic rings. The summed E-state index contributed by atoms with van der Waals surface area (Å²) in [7, 11) is -2.46. The summed E-state index contributed by atoms with van der Waals surface area (Å²) >= 11 is 0. The van der Waals surface area contributed by atoms with E-state index in [1.165, 1.54) is 17.6 Å². The first-order chi connectivity index (χ1) is 16.3. The Balaban J connectivity index is 1.75. The van der Waals surface area contributed by atoms with Crippen molar-refractivity contribution >= 4 is 15.9 Å². The number of hydroxylamine groups is 1. The first-order valence-corrected chi connectivity index (χ1v) is 12.8. The summed E-state index contributed by atoms with van der Waals surface area (Å²) in [6.45, 7) is 4.01. The normalized spacial score (nSPS) is 16.0. The zero-order valence-corrected chi connectivity index (χ0v) is 20.3. The smallest absolute Gasteiger partial charge is 0.432 e. The van der Waals surface area contributed by atoms with E-state index in [2.05, 4.69) is 11.8 Å². The maximum atomic E-state index is 13.6. The Morgan fingerprint density at radius 1 is 1.06 bits per heavy atom. The fourth-order valence-electron chi connectivity index (χ4n) is 3.92. The number of carbonyl (C=O) groups excluding carboxylic acids is 1. The Kier molecular flexibility index (Phi) is 8.76. The number of nitrogens with one attached hydrogen (secondary N) is 1. The molecular weight excluding hydrogens is 460 g/mol. The highest BCUT2D eigenvalue weighted by molar-refractivity contribution is 7.92. The Morgan fingerprint density at radius 3 is 2.24 bits per heavy atom. The van der Waals surface area contributed by atoms with E-state index in [0.29, 0.717) is 32.0 Å². The van der Waals surface area contributed by atoms with Crippen molar-refractivity contribution in [2.75, 3.05) is 26.8 Å². The molecule has 1 aliphatic heterocycles. The molecule has 3 rings (SSSR count). The molecule has 0 unspecified atom stereocenters. The van der Waals surface area contributed by atoms with Crippen LogP contribution in [-0.2, 0) is 21.1 Å². The molecule has 0 bridgehead atoms. The van der Waals surface area contributed by atoms with E-state index >= 15 is 0 Å². The summed E-state index contributed by atoms with van der Waals surface area (Å²) < 4.78 is 43.3. The molecule has 0 spiro atoms. The lowest BCUT2D eigenvalue weighted by molar-refractivity contribution is 0.000286. The van der Waals surface area contributed by atoms with E-state index in [9.17, 15) is 13.2 Å². The molecule has 0 aliphatic carbocycles. The molecule has 9 nitrogen and oxygen atoms in total. The number of benzene rings is 2. The van der Waals surface area contributed by atoms with Gasteiger partial charge in [0.15, 0.2) is 0 Å². The molecule has 0 aromatic heterocycles. The maximum Gasteiger partial charge on any atom is 0.432 e. The Morgan fingerprint density at radius 2 is 1.68 bits per heavy atom. The molecule has 1 amide bonds. The molecule has 1 saturated heterocycles. The van der Waals surface area contributed by atoms with Crippen molar-refractivity contribution in [3.8, 4) is 11.5 Å². The molecule has 0 radical (unpaired) electrons. The summed E-state index contributed by atoms with van der Waals surface area (Å²) in [4.78, 5) is 12.2. The van der Waals surface area contributed by atoms with Gasteiger partial charge in [0, 0.05) is 32.5 Å². The molecule has 1 fully saturated rings. The van der Waals surface area contributed by atoms with E-state index in [4.69, 9.17) is 19.4 Å². The number of piperidine rings is 1. The van der Waals surface area contributed by atoms with Gasteiger partial charge >= 0.3 is 6.09 Å². The lowest BCUT2D eigenvalue weighted by Gasteiger charge is -2.40. The van der Waals surface area contributed by atoms with Gasteiger partial charge in [-0.25, -0.2) is 18.7 Å². The standard InChI is InChI=1S/C24H32N2O7S/c1-3-4-17-32-21-9-11-22(12-10-21)34(29,30)24(33-23(27)25-28)13-15-26(16-14-24)18-19-5-7-20(31-2)8-6-19/h5-12,28H,3-4,13-18H2,1-2H3,(H,25,27). The number of hydrogen-bond donors (Lipinski definition) is 2. The summed E-state index contributed by atoms with van der Waals surface area (Å²) in [6.07, 6.45) is 0.822. The molecule has 34 heavy (non-hydrogen) atoms. The van der Waals surface area contributed by atoms with Crippen LogP contribution in [0.25, 0.3) is 0 Å². The predicted molar refractivity (Wildman–Crippen MR) is 126 cm³/mol. The molecule has 10 heteroatoms. The van der Waals surface area contributed by atoms with E-state index in [0.717, 1.165) is 24.2 Å². The number of likely N-dealkylation sites (tertiary alicyclic amines) is 1. The Hall–Kier alpha value is -2.82. The van der Waals surface area contributed by atoms with Crippen molar-refractivity contribution in [1.29, 1.82) is 0 Å². The number of amides is 1. The topological polar surface area (TPSA) is 114 Å². The van der Waals surface area contributed by atoms with Gasteiger partial charge in [-0.15, -0.1) is 0 Å². The van der Waals surface area contributed by atoms with Crippen LogP contribution in [0.3, 0.4) is 0 Å². The Bertz CT molecular complexity index is 1030. The molecule has 0 saturated carbocycles. The van der Waals surface area contributed by atoms with Gasteiger partial charge in [0.1, 0.15) is 11.5 Å². The number of nitrogens with zero attached hydrogens (tertiary/aromatic N) is 1. The number of unbranched alkanes of at least 4 members (excludes halogenated alkanes) is 1. The van der Waals surface area contributed by atoms with Crippen molar-refractivity contribution in [3.05, 3.63) is 54.1 Å². The van der Waals surface area contributed by atoms with Gasteiger partial charge in [0.25, 0.3) is 0 Å². The minimum absolute atomic E-state index is 0.0321. The van der Waals surface area contributed by atoms with Crippen LogP contribution in [0, 0.1) is 0 Å². The highest BCUT2D eigenvalue weighted by atomic mass is 32.2. The second-order valence-corrected chi connectivity index (χ2v) is 10.4. The minimum Gasteiger partial charge on any atom is -0.497 e. The van der Waals surface area contributed by atoms with Crippen LogP contribution in [0.15, 0.2) is 53.4 Å². The maximum absolute atomic E-state index is 13.6. The quantitative estimate of drug-likeness (QED) is 0.293. The van der Waals surface area contributed by atoms with Gasteiger partial charge < -0.3 is 14.2 Å². The molecular formula is C24H32N2O7S. The molecule has 1 heterocycles. The zero-order chi connectivity index (χ0) is 24.6. The largest absolute Gasteiger partial charge is 0.497 e. The van der Waals surface area contributed by atoms with E-state index in [-0.39, 0.29) is 17.7 Å². The third-order valence-corrected chi connectivity index (χ3v) is 8.31. The van der Waals surface area contributed by atoms with Crippen molar-refractivity contribution in [2.24, 2.45) is 0 Å². The van der Waals surface area contributed by atoms with Crippen LogP contribution in [0.5, 0.6) is 11.5 Å². The van der Waals surface area contributed by atoms with Gasteiger partial charge in [-0.3, -0.25) is 10.1 Å². The van der Waals surface area contributed by atoms with Gasteiger partial charge in [0.2, 0.25) is 14.8 Å². The lowest BCUT2D eigenvalue weighted by Crippen LogP contribution is -2.52. The number of hydrogen-bond acceptors (Lipinski definition) is 8. The van der Waals surface area contributed by atoms with Gasteiger partial charge in [0.05, 0.1) is 18.6 Å². The van der Waals surface area contributed by atoms with Crippen molar-refractivity contribution < 1.29 is 32.6 Å². The zero-order valence-electron chi connectivity index (χ0n) is 19.5. The SMILES string of the molecule is CCCCOc1ccc(S(=O)(=O)C2(OC(=O)NO)CCN(Cc3ccc(OC)cc3)CC2)cc1. The van der Waals surface area contributed by atoms with Crippen molar-refractivity contribution in [1.82, 2.24) is 10.4 Å². The fraction of sp³-hybridized carbons (Fsp3) is 0.458. The van der Waals surface area contributed by atoms with Crippen LogP contribution < -0.4 is 15.0 Å². The fourth-order valence-corrected chi connectivity index (χ4v) is 5.75. The van der Waals surface area contributed by atoms with Gasteiger partial charge in [-0.05, 0) is 48.4 Å². The number of carbonyl (C=O) groups is 1. The number of methoxy groups -OCH3 is 1. The second-order valence-electron chi connectivity index (χ2n) is 8.21. The van der Waals surface area contributed by atoms with Crippen LogP contribution in [0.4, 0.5) is 4.79 Å². The third kappa shape index (κ3) is 5.99. The van der Waals surface area contributed by atoms with E-state index in [1.54, 1.807) is 19.2 Å². The summed E-state index contributed by atoms with van der Waals surface area (Å²) in [6, 6.07) is 13.8. The number of sulfone groups is 1. The average Bonchev–Trinajstić information content (AvgIpc) is 2.86. The van der Waals surface area contributed by atoms with Crippen molar-refractivity contribution in [3.63, 3.8) is 0 Å². The first-order valence-electron chi connectivity index (χ1n) is 11.3. The Labute approximate surface area is 200 Å².